The topological polar surface area (TPSA) is 49.8 Å². The molecule has 1 atom stereocenters. The van der Waals surface area contributed by atoms with Crippen molar-refractivity contribution in [1.29, 1.82) is 0 Å². The standard InChI is InChI=1S/C14H17F2NO3/c15-14(16)20-9-12-2-1-7-17(12)8-10-3-5-11(6-4-10)13(18)19/h3-6,12,14H,1-2,7-9H2,(H,18,19). The summed E-state index contributed by atoms with van der Waals surface area (Å²) in [5, 5.41) is 8.83. The average Bonchev–Trinajstić information content (AvgIpc) is 2.84. The minimum absolute atomic E-state index is 0.00292. The lowest BCUT2D eigenvalue weighted by Gasteiger charge is -2.24. The van der Waals surface area contributed by atoms with E-state index in [0.717, 1.165) is 24.9 Å². The highest BCUT2D eigenvalue weighted by atomic mass is 19.3. The number of carbonyl (C=O) groups is 1. The fourth-order valence-corrected chi connectivity index (χ4v) is 2.46. The fraction of sp³-hybridized carbons (Fsp3) is 0.500. The van der Waals surface area contributed by atoms with Gasteiger partial charge in [0, 0.05) is 12.6 Å². The smallest absolute Gasteiger partial charge is 0.345 e. The van der Waals surface area contributed by atoms with Gasteiger partial charge < -0.3 is 9.84 Å². The second-order valence-electron chi connectivity index (χ2n) is 4.86. The number of carboxylic acids is 1. The Hall–Kier alpha value is -1.53. The molecule has 0 spiro atoms. The lowest BCUT2D eigenvalue weighted by molar-refractivity contribution is -0.139. The SMILES string of the molecule is O=C(O)c1ccc(CN2CCCC2COC(F)F)cc1. The number of halogens is 2. The number of aromatic carboxylic acids is 1. The van der Waals surface area contributed by atoms with Crippen molar-refractivity contribution in [3.63, 3.8) is 0 Å². The molecule has 0 aromatic heterocycles. The van der Waals surface area contributed by atoms with Crippen molar-refractivity contribution < 1.29 is 23.4 Å². The molecule has 1 aliphatic rings. The number of hydrogen-bond donors (Lipinski definition) is 1. The zero-order valence-corrected chi connectivity index (χ0v) is 11.0. The maximum Gasteiger partial charge on any atom is 0.345 e. The van der Waals surface area contributed by atoms with Crippen LogP contribution in [0, 0.1) is 0 Å². The third kappa shape index (κ3) is 3.98. The quantitative estimate of drug-likeness (QED) is 0.873. The molecule has 1 saturated heterocycles. The summed E-state index contributed by atoms with van der Waals surface area (Å²) in [6, 6.07) is 6.62. The molecule has 0 saturated carbocycles. The number of likely N-dealkylation sites (tertiary alicyclic amines) is 1. The Labute approximate surface area is 116 Å². The second kappa shape index (κ2) is 6.76. The highest BCUT2D eigenvalue weighted by Gasteiger charge is 2.25. The van der Waals surface area contributed by atoms with Crippen LogP contribution in [-0.2, 0) is 11.3 Å². The largest absolute Gasteiger partial charge is 0.478 e. The van der Waals surface area contributed by atoms with Crippen molar-refractivity contribution in [1.82, 2.24) is 4.90 Å². The molecule has 1 unspecified atom stereocenters. The van der Waals surface area contributed by atoms with Gasteiger partial charge in [0.2, 0.25) is 0 Å². The number of rotatable bonds is 6. The molecule has 4 nitrogen and oxygen atoms in total. The Morgan fingerprint density at radius 3 is 2.70 bits per heavy atom. The van der Waals surface area contributed by atoms with Gasteiger partial charge in [0.25, 0.3) is 0 Å². The number of ether oxygens (including phenoxy) is 1. The van der Waals surface area contributed by atoms with Gasteiger partial charge in [-0.1, -0.05) is 12.1 Å². The Bertz CT molecular complexity index is 450. The number of alkyl halides is 2. The van der Waals surface area contributed by atoms with Crippen LogP contribution in [0.3, 0.4) is 0 Å². The molecule has 2 rings (SSSR count). The van der Waals surface area contributed by atoms with E-state index in [1.807, 2.05) is 0 Å². The summed E-state index contributed by atoms with van der Waals surface area (Å²) < 4.78 is 28.5. The molecule has 1 aromatic carbocycles. The fourth-order valence-electron chi connectivity index (χ4n) is 2.46. The van der Waals surface area contributed by atoms with Crippen LogP contribution in [0.2, 0.25) is 0 Å². The number of nitrogens with zero attached hydrogens (tertiary/aromatic N) is 1. The maximum absolute atomic E-state index is 12.1. The summed E-state index contributed by atoms with van der Waals surface area (Å²) >= 11 is 0. The van der Waals surface area contributed by atoms with Crippen LogP contribution in [0.25, 0.3) is 0 Å². The molecule has 20 heavy (non-hydrogen) atoms. The van der Waals surface area contributed by atoms with Gasteiger partial charge in [0.05, 0.1) is 12.2 Å². The number of carboxylic acid groups (broad SMARTS) is 1. The molecule has 1 fully saturated rings. The van der Waals surface area contributed by atoms with E-state index in [1.165, 1.54) is 0 Å². The van der Waals surface area contributed by atoms with Crippen LogP contribution < -0.4 is 0 Å². The first-order chi connectivity index (χ1) is 9.56. The predicted octanol–water partition coefficient (Wildman–Crippen LogP) is 2.59. The monoisotopic (exact) mass is 285 g/mol. The minimum Gasteiger partial charge on any atom is -0.478 e. The highest BCUT2D eigenvalue weighted by Crippen LogP contribution is 2.21. The van der Waals surface area contributed by atoms with Crippen molar-refractivity contribution in [3.05, 3.63) is 35.4 Å². The van der Waals surface area contributed by atoms with E-state index in [9.17, 15) is 13.6 Å². The summed E-state index contributed by atoms with van der Waals surface area (Å²) in [6.45, 7) is -1.23. The highest BCUT2D eigenvalue weighted by molar-refractivity contribution is 5.87. The molecule has 6 heteroatoms. The summed E-state index contributed by atoms with van der Waals surface area (Å²) in [7, 11) is 0. The van der Waals surface area contributed by atoms with Crippen molar-refractivity contribution in [3.8, 4) is 0 Å². The molecule has 1 N–H and O–H groups in total. The first-order valence-corrected chi connectivity index (χ1v) is 6.52. The van der Waals surface area contributed by atoms with Crippen molar-refractivity contribution in [2.24, 2.45) is 0 Å². The van der Waals surface area contributed by atoms with Gasteiger partial charge in [-0.15, -0.1) is 0 Å². The van der Waals surface area contributed by atoms with E-state index in [2.05, 4.69) is 9.64 Å². The molecule has 0 radical (unpaired) electrons. The van der Waals surface area contributed by atoms with E-state index in [1.54, 1.807) is 24.3 Å². The lowest BCUT2D eigenvalue weighted by Crippen LogP contribution is -2.33. The Kier molecular flexibility index (Phi) is 5.03. The third-order valence-corrected chi connectivity index (χ3v) is 3.50. The van der Waals surface area contributed by atoms with Crippen LogP contribution in [0.15, 0.2) is 24.3 Å². The van der Waals surface area contributed by atoms with Crippen LogP contribution in [0.5, 0.6) is 0 Å². The van der Waals surface area contributed by atoms with E-state index in [0.29, 0.717) is 6.54 Å². The summed E-state index contributed by atoms with van der Waals surface area (Å²) in [6.07, 6.45) is 1.81. The van der Waals surface area contributed by atoms with Gasteiger partial charge in [-0.3, -0.25) is 4.90 Å². The zero-order valence-electron chi connectivity index (χ0n) is 11.0. The number of benzene rings is 1. The molecule has 1 aromatic rings. The van der Waals surface area contributed by atoms with E-state index in [-0.39, 0.29) is 18.2 Å². The van der Waals surface area contributed by atoms with Gasteiger partial charge in [0.15, 0.2) is 0 Å². The first kappa shape index (κ1) is 14.9. The first-order valence-electron chi connectivity index (χ1n) is 6.52. The molecule has 0 bridgehead atoms. The predicted molar refractivity (Wildman–Crippen MR) is 68.8 cm³/mol. The normalized spacial score (nSPS) is 19.6. The van der Waals surface area contributed by atoms with E-state index >= 15 is 0 Å². The Morgan fingerprint density at radius 2 is 2.10 bits per heavy atom. The van der Waals surface area contributed by atoms with Crippen molar-refractivity contribution in [2.75, 3.05) is 13.2 Å². The van der Waals surface area contributed by atoms with Gasteiger partial charge in [-0.25, -0.2) is 4.79 Å². The van der Waals surface area contributed by atoms with Gasteiger partial charge in [-0.05, 0) is 37.1 Å². The van der Waals surface area contributed by atoms with Gasteiger partial charge >= 0.3 is 12.6 Å². The zero-order chi connectivity index (χ0) is 14.5. The molecular weight excluding hydrogens is 268 g/mol. The Balaban J connectivity index is 1.92. The molecule has 110 valence electrons. The molecule has 0 aliphatic carbocycles. The van der Waals surface area contributed by atoms with Crippen LogP contribution >= 0.6 is 0 Å². The van der Waals surface area contributed by atoms with Crippen molar-refractivity contribution in [2.45, 2.75) is 32.0 Å². The maximum atomic E-state index is 12.1. The van der Waals surface area contributed by atoms with Crippen molar-refractivity contribution >= 4 is 5.97 Å². The summed E-state index contributed by atoms with van der Waals surface area (Å²) in [5.41, 5.74) is 1.21. The number of hydrogen-bond acceptors (Lipinski definition) is 3. The summed E-state index contributed by atoms with van der Waals surface area (Å²) in [4.78, 5) is 12.9. The van der Waals surface area contributed by atoms with Gasteiger partial charge in [-0.2, -0.15) is 8.78 Å². The van der Waals surface area contributed by atoms with Crippen LogP contribution in [0.1, 0.15) is 28.8 Å². The minimum atomic E-state index is -2.73. The van der Waals surface area contributed by atoms with E-state index < -0.39 is 12.6 Å². The second-order valence-corrected chi connectivity index (χ2v) is 4.86. The van der Waals surface area contributed by atoms with Crippen LogP contribution in [-0.4, -0.2) is 41.8 Å². The molecule has 0 amide bonds. The summed E-state index contributed by atoms with van der Waals surface area (Å²) in [5.74, 6) is -0.957. The lowest BCUT2D eigenvalue weighted by atomic mass is 10.1. The van der Waals surface area contributed by atoms with Crippen LogP contribution in [0.4, 0.5) is 8.78 Å². The molecule has 1 aliphatic heterocycles. The Morgan fingerprint density at radius 1 is 1.40 bits per heavy atom. The third-order valence-electron chi connectivity index (χ3n) is 3.50. The van der Waals surface area contributed by atoms with Gasteiger partial charge in [0.1, 0.15) is 0 Å². The molecular formula is C14H17F2NO3. The van der Waals surface area contributed by atoms with E-state index in [4.69, 9.17) is 5.11 Å². The average molecular weight is 285 g/mol. The molecule has 1 heterocycles.